The molecular weight excluding hydrogens is 286 g/mol. The summed E-state index contributed by atoms with van der Waals surface area (Å²) in [6.07, 6.45) is 2.93. The summed E-state index contributed by atoms with van der Waals surface area (Å²) in [4.78, 5) is 27.9. The number of hydrogen-bond acceptors (Lipinski definition) is 6. The van der Waals surface area contributed by atoms with Crippen LogP contribution in [-0.4, -0.2) is 34.7 Å². The van der Waals surface area contributed by atoms with Gasteiger partial charge in [-0.15, -0.1) is 0 Å². The molecule has 0 saturated carbocycles. The molecule has 0 bridgehead atoms. The fourth-order valence-corrected chi connectivity index (χ4v) is 1.86. The van der Waals surface area contributed by atoms with Crippen LogP contribution in [0.2, 0.25) is 0 Å². The topological polar surface area (TPSA) is 82.5 Å². The Labute approximate surface area is 130 Å². The van der Waals surface area contributed by atoms with E-state index in [1.807, 2.05) is 25.5 Å². The minimum absolute atomic E-state index is 0.179. The van der Waals surface area contributed by atoms with Crippen LogP contribution in [0, 0.1) is 0 Å². The number of nitrogens with one attached hydrogen (secondary N) is 1. The van der Waals surface area contributed by atoms with Crippen molar-refractivity contribution in [2.24, 2.45) is 7.05 Å². The van der Waals surface area contributed by atoms with E-state index in [0.29, 0.717) is 5.82 Å². The van der Waals surface area contributed by atoms with Crippen molar-refractivity contribution in [2.45, 2.75) is 33.6 Å². The van der Waals surface area contributed by atoms with Crippen molar-refractivity contribution in [1.82, 2.24) is 9.55 Å². The highest BCUT2D eigenvalue weighted by Crippen LogP contribution is 2.17. The van der Waals surface area contributed by atoms with E-state index in [1.54, 1.807) is 20.0 Å². The van der Waals surface area contributed by atoms with E-state index in [4.69, 9.17) is 9.47 Å². The summed E-state index contributed by atoms with van der Waals surface area (Å²) in [6.45, 7) is 7.76. The standard InChI is InChI=1S/C15H23N3O4/c1-6-21-14(19)11(15(20)22-7-2)8-16-12-9-17-13(10(3)4)18(12)5/h8-10,16H,6-7H2,1-5H3. The average molecular weight is 309 g/mol. The molecule has 0 aromatic carbocycles. The van der Waals surface area contributed by atoms with Crippen molar-refractivity contribution in [3.8, 4) is 0 Å². The Bertz CT molecular complexity index is 541. The largest absolute Gasteiger partial charge is 0.462 e. The number of aromatic nitrogens is 2. The fraction of sp³-hybridized carbons (Fsp3) is 0.533. The summed E-state index contributed by atoms with van der Waals surface area (Å²) >= 11 is 0. The molecule has 0 aliphatic rings. The van der Waals surface area contributed by atoms with E-state index in [1.165, 1.54) is 6.20 Å². The van der Waals surface area contributed by atoms with Gasteiger partial charge in [-0.1, -0.05) is 13.8 Å². The predicted octanol–water partition coefficient (Wildman–Crippen LogP) is 1.97. The highest BCUT2D eigenvalue weighted by molar-refractivity contribution is 6.14. The number of esters is 2. The summed E-state index contributed by atoms with van der Waals surface area (Å²) in [5.74, 6) is 0.373. The van der Waals surface area contributed by atoms with E-state index in [0.717, 1.165) is 5.82 Å². The number of nitrogens with zero attached hydrogens (tertiary/aromatic N) is 2. The van der Waals surface area contributed by atoms with Crippen LogP contribution in [0.5, 0.6) is 0 Å². The van der Waals surface area contributed by atoms with Gasteiger partial charge in [-0.2, -0.15) is 0 Å². The lowest BCUT2D eigenvalue weighted by Crippen LogP contribution is -2.19. The number of rotatable bonds is 7. The minimum atomic E-state index is -0.722. The van der Waals surface area contributed by atoms with Crippen LogP contribution in [-0.2, 0) is 26.1 Å². The first-order valence-electron chi connectivity index (χ1n) is 7.24. The molecule has 0 aliphatic heterocycles. The van der Waals surface area contributed by atoms with Gasteiger partial charge in [0.05, 0.1) is 19.4 Å². The predicted molar refractivity (Wildman–Crippen MR) is 82.3 cm³/mol. The third kappa shape index (κ3) is 4.34. The van der Waals surface area contributed by atoms with Crippen LogP contribution in [0.4, 0.5) is 5.82 Å². The van der Waals surface area contributed by atoms with Crippen LogP contribution in [0.15, 0.2) is 18.0 Å². The first-order valence-corrected chi connectivity index (χ1v) is 7.24. The molecule has 7 nitrogen and oxygen atoms in total. The maximum absolute atomic E-state index is 11.8. The molecule has 0 saturated heterocycles. The van der Waals surface area contributed by atoms with Gasteiger partial charge >= 0.3 is 11.9 Å². The number of carbonyl (C=O) groups is 2. The molecule has 0 atom stereocenters. The molecule has 1 aromatic rings. The first kappa shape index (κ1) is 17.7. The number of carbonyl (C=O) groups excluding carboxylic acids is 2. The zero-order valence-corrected chi connectivity index (χ0v) is 13.7. The Hall–Kier alpha value is -2.31. The zero-order chi connectivity index (χ0) is 16.7. The summed E-state index contributed by atoms with van der Waals surface area (Å²) in [5.41, 5.74) is -0.184. The Balaban J connectivity index is 2.98. The van der Waals surface area contributed by atoms with Gasteiger partial charge in [0.15, 0.2) is 5.57 Å². The third-order valence-electron chi connectivity index (χ3n) is 2.90. The molecule has 1 N–H and O–H groups in total. The van der Waals surface area contributed by atoms with E-state index < -0.39 is 11.9 Å². The average Bonchev–Trinajstić information content (AvgIpc) is 2.81. The van der Waals surface area contributed by atoms with Crippen molar-refractivity contribution in [2.75, 3.05) is 18.5 Å². The van der Waals surface area contributed by atoms with Crippen LogP contribution in [0.3, 0.4) is 0 Å². The van der Waals surface area contributed by atoms with Crippen LogP contribution < -0.4 is 5.32 Å². The molecule has 0 aliphatic carbocycles. The first-order chi connectivity index (χ1) is 10.4. The van der Waals surface area contributed by atoms with Crippen molar-refractivity contribution < 1.29 is 19.1 Å². The van der Waals surface area contributed by atoms with Gasteiger partial charge < -0.3 is 19.4 Å². The highest BCUT2D eigenvalue weighted by atomic mass is 16.6. The summed E-state index contributed by atoms with van der Waals surface area (Å²) in [5, 5.41) is 2.90. The number of ether oxygens (including phenoxy) is 2. The lowest BCUT2D eigenvalue weighted by atomic mass is 10.2. The van der Waals surface area contributed by atoms with Gasteiger partial charge in [0, 0.05) is 19.2 Å². The number of anilines is 1. The maximum Gasteiger partial charge on any atom is 0.347 e. The fourth-order valence-electron chi connectivity index (χ4n) is 1.86. The Morgan fingerprint density at radius 1 is 1.27 bits per heavy atom. The van der Waals surface area contributed by atoms with E-state index in [-0.39, 0.29) is 24.7 Å². The molecule has 1 heterocycles. The smallest absolute Gasteiger partial charge is 0.347 e. The van der Waals surface area contributed by atoms with Crippen LogP contribution >= 0.6 is 0 Å². The summed E-state index contributed by atoms with van der Waals surface area (Å²) in [6, 6.07) is 0. The van der Waals surface area contributed by atoms with E-state index in [2.05, 4.69) is 10.3 Å². The quantitative estimate of drug-likeness (QED) is 0.359. The zero-order valence-electron chi connectivity index (χ0n) is 13.7. The SMILES string of the molecule is CCOC(=O)C(=CNc1cnc(C(C)C)n1C)C(=O)OCC. The molecule has 0 unspecified atom stereocenters. The number of hydrogen-bond donors (Lipinski definition) is 1. The van der Waals surface area contributed by atoms with Gasteiger partial charge in [-0.25, -0.2) is 14.6 Å². The van der Waals surface area contributed by atoms with E-state index in [9.17, 15) is 9.59 Å². The van der Waals surface area contributed by atoms with Crippen molar-refractivity contribution in [3.63, 3.8) is 0 Å². The Kier molecular flexibility index (Phi) is 6.62. The second kappa shape index (κ2) is 8.21. The van der Waals surface area contributed by atoms with Crippen LogP contribution in [0.25, 0.3) is 0 Å². The Morgan fingerprint density at radius 3 is 2.23 bits per heavy atom. The van der Waals surface area contributed by atoms with E-state index >= 15 is 0 Å². The molecule has 22 heavy (non-hydrogen) atoms. The Morgan fingerprint density at radius 2 is 1.82 bits per heavy atom. The van der Waals surface area contributed by atoms with Crippen molar-refractivity contribution >= 4 is 17.8 Å². The second-order valence-electron chi connectivity index (χ2n) is 4.86. The van der Waals surface area contributed by atoms with Crippen LogP contribution in [0.1, 0.15) is 39.4 Å². The minimum Gasteiger partial charge on any atom is -0.462 e. The number of imidazole rings is 1. The third-order valence-corrected chi connectivity index (χ3v) is 2.90. The summed E-state index contributed by atoms with van der Waals surface area (Å²) in [7, 11) is 1.85. The summed E-state index contributed by atoms with van der Waals surface area (Å²) < 4.78 is 11.6. The normalized spacial score (nSPS) is 10.3. The molecule has 7 heteroatoms. The highest BCUT2D eigenvalue weighted by Gasteiger charge is 2.21. The molecule has 122 valence electrons. The van der Waals surface area contributed by atoms with Gasteiger partial charge in [0.2, 0.25) is 0 Å². The van der Waals surface area contributed by atoms with Crippen molar-refractivity contribution in [3.05, 3.63) is 23.8 Å². The molecule has 0 fully saturated rings. The van der Waals surface area contributed by atoms with Crippen molar-refractivity contribution in [1.29, 1.82) is 0 Å². The molecule has 0 spiro atoms. The van der Waals surface area contributed by atoms with Gasteiger partial charge in [-0.3, -0.25) is 0 Å². The monoisotopic (exact) mass is 309 g/mol. The molecular formula is C15H23N3O4. The second-order valence-corrected chi connectivity index (χ2v) is 4.86. The lowest BCUT2D eigenvalue weighted by molar-refractivity contribution is -0.146. The molecule has 1 aromatic heterocycles. The van der Waals surface area contributed by atoms with Gasteiger partial charge in [0.25, 0.3) is 0 Å². The lowest BCUT2D eigenvalue weighted by Gasteiger charge is -2.09. The molecule has 1 rings (SSSR count). The molecule has 0 radical (unpaired) electrons. The maximum atomic E-state index is 11.8. The molecule has 0 amide bonds. The van der Waals surface area contributed by atoms with Gasteiger partial charge in [-0.05, 0) is 13.8 Å². The van der Waals surface area contributed by atoms with Gasteiger partial charge in [0.1, 0.15) is 11.6 Å².